The van der Waals surface area contributed by atoms with E-state index in [0.29, 0.717) is 23.9 Å². The average molecular weight is 416 g/mol. The summed E-state index contributed by atoms with van der Waals surface area (Å²) in [6.07, 6.45) is 3.49. The van der Waals surface area contributed by atoms with Gasteiger partial charge in [0.1, 0.15) is 0 Å². The predicted octanol–water partition coefficient (Wildman–Crippen LogP) is 3.52. The molecule has 2 heterocycles. The zero-order valence-corrected chi connectivity index (χ0v) is 16.5. The zero-order valence-electron chi connectivity index (χ0n) is 16.5. The lowest BCUT2D eigenvalue weighted by molar-refractivity contribution is -0.384. The van der Waals surface area contributed by atoms with Gasteiger partial charge < -0.3 is 16.0 Å². The van der Waals surface area contributed by atoms with E-state index in [0.717, 1.165) is 11.1 Å². The maximum Gasteiger partial charge on any atom is 0.271 e. The molecule has 1 aliphatic rings. The first-order valence-corrected chi connectivity index (χ1v) is 9.64. The molecule has 0 fully saturated rings. The van der Waals surface area contributed by atoms with Gasteiger partial charge in [0.2, 0.25) is 11.9 Å². The molecule has 1 amide bonds. The number of nitrogens with one attached hydrogen (secondary N) is 1. The highest BCUT2D eigenvalue weighted by Gasteiger charge is 2.31. The van der Waals surface area contributed by atoms with E-state index >= 15 is 0 Å². The smallest absolute Gasteiger partial charge is 0.271 e. The number of pyridine rings is 1. The van der Waals surface area contributed by atoms with Crippen molar-refractivity contribution in [3.8, 4) is 0 Å². The van der Waals surface area contributed by atoms with E-state index in [4.69, 9.17) is 10.7 Å². The molecule has 0 radical (unpaired) electrons. The van der Waals surface area contributed by atoms with Crippen molar-refractivity contribution in [3.05, 3.63) is 94.3 Å². The topological polar surface area (TPSA) is 127 Å². The molecule has 9 nitrogen and oxygen atoms in total. The fourth-order valence-corrected chi connectivity index (χ4v) is 3.57. The Labute approximate surface area is 178 Å². The van der Waals surface area contributed by atoms with Crippen LogP contribution in [-0.4, -0.2) is 26.7 Å². The van der Waals surface area contributed by atoms with E-state index in [9.17, 15) is 14.9 Å². The standard InChI is InChI=1S/C22H20N6O3/c23-21(29)13-20-18-6-1-2-7-19(18)26-22(27(20)14-15-8-10-24-11-9-15)25-16-4-3-5-17(12-16)28(30)31/h1-12,20H,13-14H2,(H2,23,29)(H,25,26). The molecule has 4 rings (SSSR count). The number of carbonyl (C=O) groups excluding carboxylic acids is 1. The molecule has 0 spiro atoms. The lowest BCUT2D eigenvalue weighted by Gasteiger charge is -2.38. The Morgan fingerprint density at radius 1 is 1.13 bits per heavy atom. The number of aromatic nitrogens is 1. The van der Waals surface area contributed by atoms with Gasteiger partial charge in [0.05, 0.1) is 23.1 Å². The molecule has 3 N–H and O–H groups in total. The van der Waals surface area contributed by atoms with E-state index in [1.54, 1.807) is 24.5 Å². The number of non-ortho nitro benzene ring substituents is 1. The van der Waals surface area contributed by atoms with E-state index < -0.39 is 10.8 Å². The van der Waals surface area contributed by atoms with Crippen LogP contribution >= 0.6 is 0 Å². The first-order valence-electron chi connectivity index (χ1n) is 9.64. The third-order valence-electron chi connectivity index (χ3n) is 4.98. The normalized spacial score (nSPS) is 15.0. The first kappa shape index (κ1) is 20.0. The summed E-state index contributed by atoms with van der Waals surface area (Å²) in [5.41, 5.74) is 8.64. The Kier molecular flexibility index (Phi) is 5.57. The van der Waals surface area contributed by atoms with Gasteiger partial charge in [-0.25, -0.2) is 4.99 Å². The fraction of sp³-hybridized carbons (Fsp3) is 0.136. The molecule has 1 unspecified atom stereocenters. The summed E-state index contributed by atoms with van der Waals surface area (Å²) in [4.78, 5) is 33.4. The van der Waals surface area contributed by atoms with Crippen LogP contribution in [0.4, 0.5) is 17.1 Å². The monoisotopic (exact) mass is 416 g/mol. The maximum absolute atomic E-state index is 11.9. The van der Waals surface area contributed by atoms with E-state index in [1.165, 1.54) is 12.1 Å². The van der Waals surface area contributed by atoms with Gasteiger partial charge in [-0.1, -0.05) is 24.3 Å². The van der Waals surface area contributed by atoms with Gasteiger partial charge >= 0.3 is 0 Å². The number of benzene rings is 2. The first-order chi connectivity index (χ1) is 15.0. The minimum Gasteiger partial charge on any atom is -0.370 e. The highest BCUT2D eigenvalue weighted by Crippen LogP contribution is 2.38. The van der Waals surface area contributed by atoms with Gasteiger partial charge in [0.15, 0.2) is 0 Å². The highest BCUT2D eigenvalue weighted by molar-refractivity contribution is 5.97. The molecular weight excluding hydrogens is 396 g/mol. The van der Waals surface area contributed by atoms with Crippen LogP contribution in [-0.2, 0) is 11.3 Å². The number of anilines is 1. The van der Waals surface area contributed by atoms with Gasteiger partial charge in [0, 0.05) is 42.3 Å². The molecule has 0 saturated heterocycles. The van der Waals surface area contributed by atoms with Crippen molar-refractivity contribution in [1.29, 1.82) is 0 Å². The number of nitro groups is 1. The van der Waals surface area contributed by atoms with Crippen LogP contribution in [0.5, 0.6) is 0 Å². The van der Waals surface area contributed by atoms with Crippen LogP contribution < -0.4 is 11.1 Å². The molecule has 1 aromatic heterocycles. The Balaban J connectivity index is 1.77. The Morgan fingerprint density at radius 2 is 1.90 bits per heavy atom. The summed E-state index contributed by atoms with van der Waals surface area (Å²) in [7, 11) is 0. The van der Waals surface area contributed by atoms with Crippen LogP contribution in [0.1, 0.15) is 23.6 Å². The summed E-state index contributed by atoms with van der Waals surface area (Å²) < 4.78 is 0. The number of para-hydroxylation sites is 1. The number of amides is 1. The largest absolute Gasteiger partial charge is 0.370 e. The number of nitrogens with two attached hydrogens (primary N) is 1. The Morgan fingerprint density at radius 3 is 2.65 bits per heavy atom. The predicted molar refractivity (Wildman–Crippen MR) is 117 cm³/mol. The van der Waals surface area contributed by atoms with Gasteiger partial charge in [-0.05, 0) is 29.8 Å². The minimum absolute atomic E-state index is 0.0313. The second kappa shape index (κ2) is 8.62. The molecule has 0 saturated carbocycles. The maximum atomic E-state index is 11.9. The molecule has 31 heavy (non-hydrogen) atoms. The number of hydrogen-bond acceptors (Lipinski definition) is 7. The lowest BCUT2D eigenvalue weighted by Crippen LogP contribution is -2.42. The Bertz CT molecular complexity index is 1150. The van der Waals surface area contributed by atoms with Crippen molar-refractivity contribution in [3.63, 3.8) is 0 Å². The van der Waals surface area contributed by atoms with Crippen molar-refractivity contribution in [1.82, 2.24) is 9.88 Å². The van der Waals surface area contributed by atoms with Crippen LogP contribution in [0.3, 0.4) is 0 Å². The summed E-state index contributed by atoms with van der Waals surface area (Å²) in [5, 5.41) is 14.4. The molecule has 156 valence electrons. The molecule has 3 aromatic rings. The number of nitro benzene ring substituents is 1. The number of guanidine groups is 1. The van der Waals surface area contributed by atoms with Crippen molar-refractivity contribution in [2.45, 2.75) is 19.0 Å². The van der Waals surface area contributed by atoms with Gasteiger partial charge in [-0.2, -0.15) is 0 Å². The lowest BCUT2D eigenvalue weighted by atomic mass is 9.97. The summed E-state index contributed by atoms with van der Waals surface area (Å²) >= 11 is 0. The molecular formula is C22H20N6O3. The van der Waals surface area contributed by atoms with Crippen LogP contribution in [0.2, 0.25) is 0 Å². The third kappa shape index (κ3) is 4.50. The second-order valence-corrected chi connectivity index (χ2v) is 7.10. The van der Waals surface area contributed by atoms with Crippen molar-refractivity contribution >= 4 is 28.9 Å². The van der Waals surface area contributed by atoms with Crippen LogP contribution in [0.15, 0.2) is 78.0 Å². The number of fused-ring (bicyclic) bond motifs is 1. The second-order valence-electron chi connectivity index (χ2n) is 7.10. The van der Waals surface area contributed by atoms with Crippen molar-refractivity contribution < 1.29 is 9.72 Å². The third-order valence-corrected chi connectivity index (χ3v) is 4.98. The van der Waals surface area contributed by atoms with E-state index in [2.05, 4.69) is 10.3 Å². The SMILES string of the molecule is NC(=O)CC1c2ccccc2N=C(Nc2cccc([N+](=O)[O-])c2)N1Cc1ccncc1. The average Bonchev–Trinajstić information content (AvgIpc) is 2.76. The highest BCUT2D eigenvalue weighted by atomic mass is 16.6. The zero-order chi connectivity index (χ0) is 21.8. The van der Waals surface area contributed by atoms with Crippen LogP contribution in [0, 0.1) is 10.1 Å². The van der Waals surface area contributed by atoms with Crippen molar-refractivity contribution in [2.75, 3.05) is 5.32 Å². The molecule has 9 heteroatoms. The van der Waals surface area contributed by atoms with Crippen LogP contribution in [0.25, 0.3) is 0 Å². The number of rotatable bonds is 6. The van der Waals surface area contributed by atoms with Gasteiger partial charge in [0.25, 0.3) is 5.69 Å². The molecule has 0 bridgehead atoms. The number of carbonyl (C=O) groups is 1. The Hall–Kier alpha value is -4.27. The molecule has 2 aromatic carbocycles. The van der Waals surface area contributed by atoms with E-state index in [1.807, 2.05) is 41.3 Å². The number of aliphatic imine (C=N–C) groups is 1. The molecule has 1 aliphatic heterocycles. The van der Waals surface area contributed by atoms with E-state index in [-0.39, 0.29) is 18.2 Å². The summed E-state index contributed by atoms with van der Waals surface area (Å²) in [6, 6.07) is 17.2. The van der Waals surface area contributed by atoms with Gasteiger partial charge in [-0.3, -0.25) is 19.9 Å². The van der Waals surface area contributed by atoms with Crippen molar-refractivity contribution in [2.24, 2.45) is 10.7 Å². The summed E-state index contributed by atoms with van der Waals surface area (Å²) in [5.74, 6) is 0.0402. The number of primary amides is 1. The number of nitrogens with zero attached hydrogens (tertiary/aromatic N) is 4. The summed E-state index contributed by atoms with van der Waals surface area (Å²) in [6.45, 7) is 0.440. The molecule has 1 atom stereocenters. The number of hydrogen-bond donors (Lipinski definition) is 2. The fourth-order valence-electron chi connectivity index (χ4n) is 3.57. The minimum atomic E-state index is -0.451. The van der Waals surface area contributed by atoms with Gasteiger partial charge in [-0.15, -0.1) is 0 Å². The quantitative estimate of drug-likeness (QED) is 0.468. The molecule has 0 aliphatic carbocycles.